The lowest BCUT2D eigenvalue weighted by molar-refractivity contribution is 0.601. The molecule has 0 bridgehead atoms. The number of anilines is 1. The smallest absolute Gasteiger partial charge is 0.261 e. The second kappa shape index (κ2) is 6.01. The molecule has 0 aliphatic carbocycles. The van der Waals surface area contributed by atoms with Crippen LogP contribution in [0.5, 0.6) is 0 Å². The van der Waals surface area contributed by atoms with Gasteiger partial charge in [-0.05, 0) is 42.8 Å². The Morgan fingerprint density at radius 1 is 1.24 bits per heavy atom. The average molecular weight is 341 g/mol. The van der Waals surface area contributed by atoms with E-state index >= 15 is 0 Å². The minimum Gasteiger partial charge on any atom is -0.389 e. The summed E-state index contributed by atoms with van der Waals surface area (Å²) in [6.07, 6.45) is 0. The maximum absolute atomic E-state index is 12.4. The van der Waals surface area contributed by atoms with E-state index in [1.165, 1.54) is 12.1 Å². The molecule has 2 aromatic rings. The molecule has 0 atom stereocenters. The third kappa shape index (κ3) is 3.72. The number of hydrogen-bond acceptors (Lipinski definition) is 3. The average Bonchev–Trinajstić information content (AvgIpc) is 2.42. The second-order valence-electron chi connectivity index (χ2n) is 4.46. The standard InChI is InChI=1S/C14H13ClN2O2S2/c1-9-7-11(15)5-6-13(9)17-21(18,19)12-4-2-3-10(8-12)14(16)20/h2-8,17H,1H3,(H2,16,20). The van der Waals surface area contributed by atoms with Crippen molar-refractivity contribution in [3.8, 4) is 0 Å². The normalized spacial score (nSPS) is 11.1. The van der Waals surface area contributed by atoms with Crippen LogP contribution in [-0.2, 0) is 10.0 Å². The summed E-state index contributed by atoms with van der Waals surface area (Å²) in [6, 6.07) is 11.1. The van der Waals surface area contributed by atoms with Gasteiger partial charge >= 0.3 is 0 Å². The van der Waals surface area contributed by atoms with Gasteiger partial charge in [0.05, 0.1) is 10.6 Å². The van der Waals surface area contributed by atoms with Crippen molar-refractivity contribution in [1.29, 1.82) is 0 Å². The van der Waals surface area contributed by atoms with Gasteiger partial charge in [-0.15, -0.1) is 0 Å². The molecule has 0 fully saturated rings. The van der Waals surface area contributed by atoms with Crippen molar-refractivity contribution < 1.29 is 8.42 Å². The minimum atomic E-state index is -3.71. The summed E-state index contributed by atoms with van der Waals surface area (Å²) in [5.41, 5.74) is 7.23. The number of aryl methyl sites for hydroxylation is 1. The van der Waals surface area contributed by atoms with Crippen LogP contribution >= 0.6 is 23.8 Å². The maximum Gasteiger partial charge on any atom is 0.261 e. The van der Waals surface area contributed by atoms with Gasteiger partial charge in [0.15, 0.2) is 0 Å². The Kier molecular flexibility index (Phi) is 4.51. The zero-order valence-corrected chi connectivity index (χ0v) is 13.5. The summed E-state index contributed by atoms with van der Waals surface area (Å²) in [5, 5.41) is 0.547. The van der Waals surface area contributed by atoms with Crippen molar-refractivity contribution in [2.24, 2.45) is 5.73 Å². The van der Waals surface area contributed by atoms with E-state index in [-0.39, 0.29) is 9.88 Å². The van der Waals surface area contributed by atoms with Crippen molar-refractivity contribution in [3.63, 3.8) is 0 Å². The lowest BCUT2D eigenvalue weighted by Gasteiger charge is -2.11. The molecule has 0 aliphatic rings. The first-order valence-electron chi connectivity index (χ1n) is 5.98. The van der Waals surface area contributed by atoms with Gasteiger partial charge in [0, 0.05) is 10.6 Å². The van der Waals surface area contributed by atoms with Crippen molar-refractivity contribution in [2.75, 3.05) is 4.72 Å². The highest BCUT2D eigenvalue weighted by Crippen LogP contribution is 2.23. The Balaban J connectivity index is 2.38. The topological polar surface area (TPSA) is 72.2 Å². The van der Waals surface area contributed by atoms with Gasteiger partial charge in [-0.25, -0.2) is 8.42 Å². The van der Waals surface area contributed by atoms with E-state index in [1.54, 1.807) is 37.3 Å². The number of halogens is 1. The van der Waals surface area contributed by atoms with Crippen molar-refractivity contribution in [2.45, 2.75) is 11.8 Å². The van der Waals surface area contributed by atoms with Crippen LogP contribution in [0.3, 0.4) is 0 Å². The molecule has 0 aliphatic heterocycles. The molecule has 0 radical (unpaired) electrons. The largest absolute Gasteiger partial charge is 0.389 e. The molecule has 4 nitrogen and oxygen atoms in total. The number of nitrogens with one attached hydrogen (secondary N) is 1. The molecule has 0 heterocycles. The fourth-order valence-corrected chi connectivity index (χ4v) is 3.29. The van der Waals surface area contributed by atoms with E-state index in [1.807, 2.05) is 0 Å². The van der Waals surface area contributed by atoms with Gasteiger partial charge < -0.3 is 5.73 Å². The first kappa shape index (κ1) is 15.8. The molecule has 0 spiro atoms. The van der Waals surface area contributed by atoms with E-state index in [9.17, 15) is 8.42 Å². The number of hydrogen-bond donors (Lipinski definition) is 2. The fourth-order valence-electron chi connectivity index (χ4n) is 1.76. The number of nitrogens with two attached hydrogens (primary N) is 1. The predicted molar refractivity (Wildman–Crippen MR) is 89.3 cm³/mol. The van der Waals surface area contributed by atoms with Gasteiger partial charge in [-0.2, -0.15) is 0 Å². The Labute approximate surface area is 134 Å². The van der Waals surface area contributed by atoms with Crippen LogP contribution in [0.1, 0.15) is 11.1 Å². The molecule has 0 aromatic heterocycles. The van der Waals surface area contributed by atoms with Crippen LogP contribution in [0.15, 0.2) is 47.4 Å². The summed E-state index contributed by atoms with van der Waals surface area (Å²) in [7, 11) is -3.71. The highest BCUT2D eigenvalue weighted by molar-refractivity contribution is 7.92. The zero-order chi connectivity index (χ0) is 15.6. The first-order valence-corrected chi connectivity index (χ1v) is 8.25. The predicted octanol–water partition coefficient (Wildman–Crippen LogP) is 3.08. The van der Waals surface area contributed by atoms with Gasteiger partial charge in [-0.1, -0.05) is 36.0 Å². The zero-order valence-electron chi connectivity index (χ0n) is 11.1. The molecule has 21 heavy (non-hydrogen) atoms. The molecule has 0 unspecified atom stereocenters. The van der Waals surface area contributed by atoms with Gasteiger partial charge in [0.1, 0.15) is 4.99 Å². The number of thiocarbonyl (C=S) groups is 1. The molecule has 0 amide bonds. The fraction of sp³-hybridized carbons (Fsp3) is 0.0714. The maximum atomic E-state index is 12.4. The molecule has 2 aromatic carbocycles. The highest BCUT2D eigenvalue weighted by Gasteiger charge is 2.16. The Bertz CT molecular complexity index is 804. The molecule has 110 valence electrons. The molecule has 7 heteroatoms. The van der Waals surface area contributed by atoms with Gasteiger partial charge in [-0.3, -0.25) is 4.72 Å². The van der Waals surface area contributed by atoms with Gasteiger partial charge in [0.25, 0.3) is 10.0 Å². The molecule has 0 saturated carbocycles. The Morgan fingerprint density at radius 2 is 1.95 bits per heavy atom. The third-order valence-corrected chi connectivity index (χ3v) is 4.70. The summed E-state index contributed by atoms with van der Waals surface area (Å²) in [6.45, 7) is 1.77. The van der Waals surface area contributed by atoms with Crippen LogP contribution < -0.4 is 10.5 Å². The molecular formula is C14H13ClN2O2S2. The molecule has 3 N–H and O–H groups in total. The van der Waals surface area contributed by atoms with Crippen LogP contribution in [-0.4, -0.2) is 13.4 Å². The first-order chi connectivity index (χ1) is 9.79. The number of benzene rings is 2. The van der Waals surface area contributed by atoms with Crippen molar-refractivity contribution in [1.82, 2.24) is 0 Å². The van der Waals surface area contributed by atoms with Crippen LogP contribution in [0.2, 0.25) is 5.02 Å². The van der Waals surface area contributed by atoms with Gasteiger partial charge in [0.2, 0.25) is 0 Å². The summed E-state index contributed by atoms with van der Waals surface area (Å²) in [5.74, 6) is 0. The summed E-state index contributed by atoms with van der Waals surface area (Å²) in [4.78, 5) is 0.247. The van der Waals surface area contributed by atoms with E-state index in [0.717, 1.165) is 5.56 Å². The van der Waals surface area contributed by atoms with E-state index < -0.39 is 10.0 Å². The van der Waals surface area contributed by atoms with Crippen molar-refractivity contribution in [3.05, 3.63) is 58.6 Å². The van der Waals surface area contributed by atoms with Crippen molar-refractivity contribution >= 4 is 44.5 Å². The minimum absolute atomic E-state index is 0.0992. The monoisotopic (exact) mass is 340 g/mol. The summed E-state index contributed by atoms with van der Waals surface area (Å²) >= 11 is 10.7. The van der Waals surface area contributed by atoms with E-state index in [2.05, 4.69) is 4.72 Å². The molecule has 0 saturated heterocycles. The van der Waals surface area contributed by atoms with E-state index in [4.69, 9.17) is 29.6 Å². The SMILES string of the molecule is Cc1cc(Cl)ccc1NS(=O)(=O)c1cccc(C(N)=S)c1. The van der Waals surface area contributed by atoms with E-state index in [0.29, 0.717) is 16.3 Å². The Hall–Kier alpha value is -1.63. The number of rotatable bonds is 4. The molecule has 2 rings (SSSR count). The number of sulfonamides is 1. The lowest BCUT2D eigenvalue weighted by atomic mass is 10.2. The van der Waals surface area contributed by atoms with Crippen LogP contribution in [0, 0.1) is 6.92 Å². The quantitative estimate of drug-likeness (QED) is 0.839. The Morgan fingerprint density at radius 3 is 2.57 bits per heavy atom. The summed E-state index contributed by atoms with van der Waals surface area (Å²) < 4.78 is 27.3. The highest BCUT2D eigenvalue weighted by atomic mass is 35.5. The van der Waals surface area contributed by atoms with Crippen LogP contribution in [0.4, 0.5) is 5.69 Å². The molecular weight excluding hydrogens is 328 g/mol. The van der Waals surface area contributed by atoms with Crippen LogP contribution in [0.25, 0.3) is 0 Å². The lowest BCUT2D eigenvalue weighted by Crippen LogP contribution is -2.15. The second-order valence-corrected chi connectivity index (χ2v) is 7.02. The third-order valence-electron chi connectivity index (χ3n) is 2.86.